The summed E-state index contributed by atoms with van der Waals surface area (Å²) >= 11 is 0. The van der Waals surface area contributed by atoms with Crippen molar-refractivity contribution in [2.75, 3.05) is 6.54 Å². The van der Waals surface area contributed by atoms with E-state index in [1.165, 1.54) is 17.1 Å². The molecule has 0 aliphatic carbocycles. The van der Waals surface area contributed by atoms with Crippen molar-refractivity contribution in [2.45, 2.75) is 70.3 Å². The lowest BCUT2D eigenvalue weighted by molar-refractivity contribution is -0.141. The van der Waals surface area contributed by atoms with Gasteiger partial charge < -0.3 is 10.4 Å². The van der Waals surface area contributed by atoms with Gasteiger partial charge in [0.25, 0.3) is 11.8 Å². The number of amides is 3. The van der Waals surface area contributed by atoms with Gasteiger partial charge in [-0.15, -0.1) is 0 Å². The molecule has 0 bridgehead atoms. The second kappa shape index (κ2) is 13.4. The Balaban J connectivity index is 1.47. The highest BCUT2D eigenvalue weighted by molar-refractivity contribution is 6.12. The van der Waals surface area contributed by atoms with Gasteiger partial charge in [0.15, 0.2) is 0 Å². The molecule has 168 valence electrons. The monoisotopic (exact) mass is 428 g/mol. The summed E-state index contributed by atoms with van der Waals surface area (Å²) in [6.45, 7) is 0.487. The van der Waals surface area contributed by atoms with Crippen molar-refractivity contribution >= 4 is 23.7 Å². The molecular weight excluding hydrogens is 396 g/mol. The number of benzene rings is 1. The van der Waals surface area contributed by atoms with Crippen molar-refractivity contribution in [3.8, 4) is 0 Å². The van der Waals surface area contributed by atoms with Crippen LogP contribution in [0.1, 0.15) is 63.4 Å². The molecule has 1 aromatic carbocycles. The predicted molar refractivity (Wildman–Crippen MR) is 117 cm³/mol. The van der Waals surface area contributed by atoms with Crippen LogP contribution in [0.4, 0.5) is 0 Å². The number of rotatable bonds is 15. The summed E-state index contributed by atoms with van der Waals surface area (Å²) in [5.41, 5.74) is 0.880. The van der Waals surface area contributed by atoms with Crippen LogP contribution in [-0.2, 0) is 25.6 Å². The fraction of sp³-hybridized carbons (Fsp3) is 0.500. The van der Waals surface area contributed by atoms with Gasteiger partial charge in [-0.3, -0.25) is 19.3 Å². The first-order valence-electron chi connectivity index (χ1n) is 11.1. The van der Waals surface area contributed by atoms with Gasteiger partial charge >= 0.3 is 5.97 Å². The Hall–Kier alpha value is -2.96. The number of imide groups is 1. The number of carbonyl (C=O) groups is 4. The number of nitrogens with zero attached hydrogens (tertiary/aromatic N) is 1. The Morgan fingerprint density at radius 3 is 1.97 bits per heavy atom. The van der Waals surface area contributed by atoms with Crippen LogP contribution in [0.2, 0.25) is 0 Å². The molecular formula is C24H32N2O5. The fourth-order valence-electron chi connectivity index (χ4n) is 3.58. The number of aliphatic carboxylic acids is 1. The molecule has 2 N–H and O–H groups in total. The van der Waals surface area contributed by atoms with Crippen LogP contribution in [0.25, 0.3) is 0 Å². The van der Waals surface area contributed by atoms with Crippen LogP contribution in [0.15, 0.2) is 42.5 Å². The molecule has 1 heterocycles. The molecule has 1 aliphatic heterocycles. The van der Waals surface area contributed by atoms with Gasteiger partial charge in [-0.1, -0.05) is 68.9 Å². The van der Waals surface area contributed by atoms with E-state index in [0.717, 1.165) is 56.9 Å². The first-order valence-corrected chi connectivity index (χ1v) is 11.1. The van der Waals surface area contributed by atoms with E-state index in [-0.39, 0.29) is 24.1 Å². The smallest absolute Gasteiger partial charge is 0.326 e. The summed E-state index contributed by atoms with van der Waals surface area (Å²) in [6, 6.07) is 8.37. The maximum Gasteiger partial charge on any atom is 0.326 e. The van der Waals surface area contributed by atoms with E-state index in [4.69, 9.17) is 0 Å². The SMILES string of the molecule is O=C(CCCCCCCCCCN1C(=O)C=CC1=O)N[C@@H](Cc1ccccc1)C(=O)O. The van der Waals surface area contributed by atoms with Gasteiger partial charge in [0, 0.05) is 31.5 Å². The molecule has 0 unspecified atom stereocenters. The lowest BCUT2D eigenvalue weighted by atomic mass is 10.0. The molecule has 0 saturated heterocycles. The Labute approximate surface area is 183 Å². The number of carboxylic acid groups (broad SMARTS) is 1. The molecule has 0 radical (unpaired) electrons. The highest BCUT2D eigenvalue weighted by Gasteiger charge is 2.22. The van der Waals surface area contributed by atoms with Crippen LogP contribution in [-0.4, -0.2) is 46.3 Å². The third-order valence-corrected chi connectivity index (χ3v) is 5.35. The number of carboxylic acids is 1. The first-order chi connectivity index (χ1) is 15.0. The van der Waals surface area contributed by atoms with E-state index >= 15 is 0 Å². The Morgan fingerprint density at radius 1 is 0.839 bits per heavy atom. The molecule has 31 heavy (non-hydrogen) atoms. The topological polar surface area (TPSA) is 104 Å². The number of nitrogens with one attached hydrogen (secondary N) is 1. The molecule has 1 aromatic rings. The van der Waals surface area contributed by atoms with E-state index < -0.39 is 12.0 Å². The molecule has 7 heteroatoms. The zero-order chi connectivity index (χ0) is 22.5. The highest BCUT2D eigenvalue weighted by Crippen LogP contribution is 2.12. The van der Waals surface area contributed by atoms with Gasteiger partial charge in [-0.05, 0) is 18.4 Å². The van der Waals surface area contributed by atoms with E-state index in [0.29, 0.717) is 13.0 Å². The summed E-state index contributed by atoms with van der Waals surface area (Å²) in [6.07, 6.45) is 11.0. The van der Waals surface area contributed by atoms with E-state index in [1.807, 2.05) is 30.3 Å². The molecule has 1 atom stereocenters. The quantitative estimate of drug-likeness (QED) is 0.330. The summed E-state index contributed by atoms with van der Waals surface area (Å²) in [5.74, 6) is -1.68. The second-order valence-corrected chi connectivity index (χ2v) is 7.89. The van der Waals surface area contributed by atoms with Gasteiger partial charge in [0.1, 0.15) is 6.04 Å². The number of unbranched alkanes of at least 4 members (excludes halogenated alkanes) is 7. The van der Waals surface area contributed by atoms with Crippen LogP contribution in [0.5, 0.6) is 0 Å². The Bertz CT molecular complexity index is 757. The zero-order valence-corrected chi connectivity index (χ0v) is 17.9. The van der Waals surface area contributed by atoms with Gasteiger partial charge in [0.2, 0.25) is 5.91 Å². The van der Waals surface area contributed by atoms with Crippen molar-refractivity contribution in [2.24, 2.45) is 0 Å². The Morgan fingerprint density at radius 2 is 1.39 bits per heavy atom. The Kier molecular flexibility index (Phi) is 10.5. The zero-order valence-electron chi connectivity index (χ0n) is 17.9. The van der Waals surface area contributed by atoms with Crippen molar-refractivity contribution in [3.63, 3.8) is 0 Å². The third kappa shape index (κ3) is 9.15. The van der Waals surface area contributed by atoms with E-state index in [2.05, 4.69) is 5.32 Å². The maximum absolute atomic E-state index is 12.1. The lowest BCUT2D eigenvalue weighted by Gasteiger charge is -2.14. The fourth-order valence-corrected chi connectivity index (χ4v) is 3.58. The number of hydrogen-bond donors (Lipinski definition) is 2. The van der Waals surface area contributed by atoms with Crippen molar-refractivity contribution in [1.29, 1.82) is 0 Å². The minimum atomic E-state index is -1.02. The molecule has 1 aliphatic rings. The van der Waals surface area contributed by atoms with Crippen LogP contribution in [0, 0.1) is 0 Å². The highest BCUT2D eigenvalue weighted by atomic mass is 16.4. The normalized spacial score (nSPS) is 14.1. The van der Waals surface area contributed by atoms with Crippen LogP contribution >= 0.6 is 0 Å². The van der Waals surface area contributed by atoms with Crippen molar-refractivity contribution in [1.82, 2.24) is 10.2 Å². The summed E-state index contributed by atoms with van der Waals surface area (Å²) in [5, 5.41) is 12.0. The second-order valence-electron chi connectivity index (χ2n) is 7.89. The van der Waals surface area contributed by atoms with Gasteiger partial charge in [0.05, 0.1) is 0 Å². The third-order valence-electron chi connectivity index (χ3n) is 5.35. The van der Waals surface area contributed by atoms with Crippen LogP contribution in [0.3, 0.4) is 0 Å². The lowest BCUT2D eigenvalue weighted by Crippen LogP contribution is -2.42. The van der Waals surface area contributed by atoms with E-state index in [9.17, 15) is 24.3 Å². The first kappa shape index (κ1) is 24.3. The number of carbonyl (C=O) groups excluding carboxylic acids is 3. The predicted octanol–water partition coefficient (Wildman–Crippen LogP) is 3.23. The number of hydrogen-bond acceptors (Lipinski definition) is 4. The van der Waals surface area contributed by atoms with Gasteiger partial charge in [-0.2, -0.15) is 0 Å². The summed E-state index contributed by atoms with van der Waals surface area (Å²) in [7, 11) is 0. The van der Waals surface area contributed by atoms with Crippen LogP contribution < -0.4 is 5.32 Å². The molecule has 3 amide bonds. The minimum absolute atomic E-state index is 0.219. The summed E-state index contributed by atoms with van der Waals surface area (Å²) in [4.78, 5) is 47.6. The molecule has 7 nitrogen and oxygen atoms in total. The van der Waals surface area contributed by atoms with E-state index in [1.54, 1.807) is 0 Å². The van der Waals surface area contributed by atoms with Crippen molar-refractivity contribution < 1.29 is 24.3 Å². The summed E-state index contributed by atoms with van der Waals surface area (Å²) < 4.78 is 0. The minimum Gasteiger partial charge on any atom is -0.480 e. The molecule has 0 aromatic heterocycles. The van der Waals surface area contributed by atoms with Gasteiger partial charge in [-0.25, -0.2) is 4.79 Å². The molecule has 0 fully saturated rings. The standard InChI is InChI=1S/C24H32N2O5/c27-21(25-20(24(30)31)18-19-12-8-7-9-13-19)14-10-5-3-1-2-4-6-11-17-26-22(28)15-16-23(26)29/h7-9,12-13,15-16,20H,1-6,10-11,14,17-18H2,(H,25,27)(H,30,31)/t20-/m0/s1. The maximum atomic E-state index is 12.1. The van der Waals surface area contributed by atoms with Crippen molar-refractivity contribution in [3.05, 3.63) is 48.0 Å². The average Bonchev–Trinajstić information content (AvgIpc) is 3.07. The largest absolute Gasteiger partial charge is 0.480 e. The average molecular weight is 429 g/mol. The molecule has 0 spiro atoms. The molecule has 0 saturated carbocycles. The molecule has 2 rings (SSSR count).